The van der Waals surface area contributed by atoms with E-state index < -0.39 is 0 Å². The molecule has 59 heavy (non-hydrogen) atoms. The zero-order valence-electron chi connectivity index (χ0n) is 35.0. The molecule has 0 radical (unpaired) electrons. The predicted molar refractivity (Wildman–Crippen MR) is 253 cm³/mol. The third-order valence-corrected chi connectivity index (χ3v) is 13.9. The van der Waals surface area contributed by atoms with Crippen molar-refractivity contribution in [2.24, 2.45) is 0 Å². The Morgan fingerprint density at radius 1 is 0.492 bits per heavy atom. The van der Waals surface area contributed by atoms with E-state index in [1.165, 1.54) is 112 Å². The van der Waals surface area contributed by atoms with Gasteiger partial charge in [0.15, 0.2) is 0 Å². The minimum Gasteiger partial charge on any atom is -0.376 e. The van der Waals surface area contributed by atoms with Gasteiger partial charge in [0, 0.05) is 34.0 Å². The van der Waals surface area contributed by atoms with Crippen molar-refractivity contribution in [1.29, 1.82) is 0 Å². The van der Waals surface area contributed by atoms with Crippen LogP contribution in [-0.2, 0) is 10.8 Å². The van der Waals surface area contributed by atoms with Gasteiger partial charge in [-0.05, 0) is 146 Å². The molecule has 0 bridgehead atoms. The van der Waals surface area contributed by atoms with Crippen LogP contribution >= 0.6 is 0 Å². The quantitative estimate of drug-likeness (QED) is 0.165. The van der Waals surface area contributed by atoms with Crippen LogP contribution in [0.25, 0.3) is 44.2 Å². The molecule has 2 nitrogen and oxygen atoms in total. The van der Waals surface area contributed by atoms with Crippen LogP contribution in [0.1, 0.15) is 62.8 Å². The summed E-state index contributed by atoms with van der Waals surface area (Å²) in [4.78, 5) is 5.32. The summed E-state index contributed by atoms with van der Waals surface area (Å²) in [6, 6.07) is 61.8. The van der Waals surface area contributed by atoms with Gasteiger partial charge in [-0.3, -0.25) is 0 Å². The van der Waals surface area contributed by atoms with E-state index in [9.17, 15) is 0 Å². The maximum atomic E-state index is 2.68. The second-order valence-electron chi connectivity index (χ2n) is 18.5. The Labute approximate surface area is 349 Å². The van der Waals surface area contributed by atoms with E-state index in [-0.39, 0.29) is 17.7 Å². The Balaban J connectivity index is 1.25. The molecular weight excluding hydrogens is 711 g/mol. The monoisotopic (exact) mass is 760 g/mol. The van der Waals surface area contributed by atoms with Gasteiger partial charge in [0.2, 0.25) is 0 Å². The molecule has 0 unspecified atom stereocenters. The number of fused-ring (bicyclic) bond motifs is 7. The fourth-order valence-corrected chi connectivity index (χ4v) is 10.6. The van der Waals surface area contributed by atoms with Gasteiger partial charge in [-0.15, -0.1) is 0 Å². The van der Waals surface area contributed by atoms with Crippen molar-refractivity contribution in [2.75, 3.05) is 9.71 Å². The van der Waals surface area contributed by atoms with E-state index in [1.807, 2.05) is 0 Å². The lowest BCUT2D eigenvalue weighted by molar-refractivity contribution is 0.332. The summed E-state index contributed by atoms with van der Waals surface area (Å²) in [7, 11) is 0. The Hall–Kier alpha value is -6.32. The highest BCUT2D eigenvalue weighted by molar-refractivity contribution is 6.93. The fraction of sp³-hybridized carbons (Fsp3) is 0.179. The maximum Gasteiger partial charge on any atom is 0.333 e. The molecule has 8 aromatic carbocycles. The summed E-state index contributed by atoms with van der Waals surface area (Å²) in [6.45, 7) is 14.4. The average Bonchev–Trinajstić information content (AvgIpc) is 3.26. The highest BCUT2D eigenvalue weighted by atomic mass is 15.2. The standard InChI is InChI=1S/C56H49BN2/c1-36-31-45-53-44-20-14-13-19-41(44)25-28-49(53)59(43-26-23-40(24-27-43)38-15-9-7-10-16-38)57-48-34-46-47(56(5,6)30-29-55(46,3)4)35-51(48)58(52(32-36)54(45)57)50-33-42(22-21-37(50)2)39-17-11-8-12-18-39/h7-28,31-35H,29-30H2,1-6H3. The molecule has 0 saturated heterocycles. The summed E-state index contributed by atoms with van der Waals surface area (Å²) < 4.78 is 0. The van der Waals surface area contributed by atoms with E-state index in [2.05, 4.69) is 215 Å². The number of aryl methyl sites for hydroxylation is 2. The smallest absolute Gasteiger partial charge is 0.333 e. The van der Waals surface area contributed by atoms with Crippen LogP contribution in [0.5, 0.6) is 0 Å². The lowest BCUT2D eigenvalue weighted by atomic mass is 9.42. The number of nitrogens with zero attached hydrogens (tertiary/aromatic N) is 2. The van der Waals surface area contributed by atoms with Gasteiger partial charge >= 0.3 is 6.85 Å². The van der Waals surface area contributed by atoms with E-state index in [0.717, 1.165) is 6.42 Å². The number of rotatable bonds is 4. The minimum atomic E-state index is -0.0492. The molecule has 2 heterocycles. The van der Waals surface area contributed by atoms with Gasteiger partial charge in [0.25, 0.3) is 0 Å². The van der Waals surface area contributed by atoms with Crippen molar-refractivity contribution < 1.29 is 0 Å². The molecule has 3 aliphatic rings. The molecule has 0 amide bonds. The summed E-state index contributed by atoms with van der Waals surface area (Å²) in [5.41, 5.74) is 22.1. The Morgan fingerprint density at radius 2 is 1.10 bits per heavy atom. The van der Waals surface area contributed by atoms with Crippen molar-refractivity contribution in [3.05, 3.63) is 186 Å². The molecule has 286 valence electrons. The average molecular weight is 761 g/mol. The normalized spacial score (nSPS) is 15.7. The van der Waals surface area contributed by atoms with Crippen LogP contribution in [0.15, 0.2) is 164 Å². The molecule has 0 atom stereocenters. The van der Waals surface area contributed by atoms with E-state index in [0.29, 0.717) is 0 Å². The topological polar surface area (TPSA) is 6.48 Å². The molecule has 3 heteroatoms. The largest absolute Gasteiger partial charge is 0.376 e. The molecule has 11 rings (SSSR count). The number of hydrogen-bond donors (Lipinski definition) is 0. The molecule has 1 aliphatic carbocycles. The molecule has 0 aromatic heterocycles. The minimum absolute atomic E-state index is 0.0492. The maximum absolute atomic E-state index is 2.68. The van der Waals surface area contributed by atoms with E-state index >= 15 is 0 Å². The second-order valence-corrected chi connectivity index (χ2v) is 18.5. The van der Waals surface area contributed by atoms with Gasteiger partial charge < -0.3 is 9.71 Å². The van der Waals surface area contributed by atoms with Crippen LogP contribution in [0.2, 0.25) is 0 Å². The van der Waals surface area contributed by atoms with Crippen LogP contribution in [0.4, 0.5) is 28.4 Å². The predicted octanol–water partition coefficient (Wildman–Crippen LogP) is 13.8. The third-order valence-electron chi connectivity index (χ3n) is 13.9. The first kappa shape index (κ1) is 35.8. The van der Waals surface area contributed by atoms with E-state index in [4.69, 9.17) is 0 Å². The molecule has 8 aromatic rings. The van der Waals surface area contributed by atoms with Gasteiger partial charge in [0.05, 0.1) is 0 Å². The lowest BCUT2D eigenvalue weighted by Crippen LogP contribution is -2.62. The first-order valence-corrected chi connectivity index (χ1v) is 21.3. The summed E-state index contributed by atoms with van der Waals surface area (Å²) in [6.07, 6.45) is 2.33. The fourth-order valence-electron chi connectivity index (χ4n) is 10.6. The summed E-state index contributed by atoms with van der Waals surface area (Å²) in [5, 5.41) is 2.55. The van der Waals surface area contributed by atoms with Gasteiger partial charge in [-0.1, -0.05) is 155 Å². The highest BCUT2D eigenvalue weighted by Crippen LogP contribution is 2.53. The number of anilines is 5. The van der Waals surface area contributed by atoms with Crippen LogP contribution in [0, 0.1) is 13.8 Å². The van der Waals surface area contributed by atoms with Gasteiger partial charge in [-0.25, -0.2) is 0 Å². The van der Waals surface area contributed by atoms with Gasteiger partial charge in [-0.2, -0.15) is 0 Å². The second kappa shape index (κ2) is 13.1. The molecule has 0 spiro atoms. The molecule has 2 aliphatic heterocycles. The van der Waals surface area contributed by atoms with Crippen LogP contribution in [0.3, 0.4) is 0 Å². The Morgan fingerprint density at radius 3 is 1.81 bits per heavy atom. The van der Waals surface area contributed by atoms with Crippen molar-refractivity contribution in [3.8, 4) is 33.4 Å². The summed E-state index contributed by atoms with van der Waals surface area (Å²) in [5.74, 6) is 0. The molecule has 0 N–H and O–H groups in total. The molecular formula is C56H49BN2. The zero-order valence-corrected chi connectivity index (χ0v) is 35.0. The SMILES string of the molecule is Cc1cc2c3c(c1)N(c1cc(-c4ccccc4)ccc1C)c1cc4c(cc1B3N(c1ccc(-c3ccccc3)cc1)c1ccc3ccccc3c1-2)C(C)(C)CCC4(C)C. The van der Waals surface area contributed by atoms with Gasteiger partial charge in [0.1, 0.15) is 0 Å². The Kier molecular flexibility index (Phi) is 7.95. The third kappa shape index (κ3) is 5.55. The van der Waals surface area contributed by atoms with Crippen molar-refractivity contribution in [3.63, 3.8) is 0 Å². The van der Waals surface area contributed by atoms with Crippen molar-refractivity contribution in [1.82, 2.24) is 0 Å². The lowest BCUT2D eigenvalue weighted by Gasteiger charge is -2.49. The van der Waals surface area contributed by atoms with Crippen molar-refractivity contribution in [2.45, 2.75) is 65.2 Å². The van der Waals surface area contributed by atoms with Crippen molar-refractivity contribution >= 4 is 57.0 Å². The highest BCUT2D eigenvalue weighted by Gasteiger charge is 2.48. The molecule has 0 saturated carbocycles. The van der Waals surface area contributed by atoms with Crippen LogP contribution in [-0.4, -0.2) is 6.85 Å². The Bertz CT molecular complexity index is 2960. The van der Waals surface area contributed by atoms with E-state index in [1.54, 1.807) is 0 Å². The first-order chi connectivity index (χ1) is 28.6. The zero-order chi connectivity index (χ0) is 40.2. The van der Waals surface area contributed by atoms with Crippen LogP contribution < -0.4 is 20.6 Å². The summed E-state index contributed by atoms with van der Waals surface area (Å²) >= 11 is 0. The number of benzene rings is 8. The molecule has 0 fully saturated rings. The number of hydrogen-bond acceptors (Lipinski definition) is 2. The first-order valence-electron chi connectivity index (χ1n) is 21.3.